The third-order valence-electron chi connectivity index (χ3n) is 4.87. The normalized spacial score (nSPS) is 14.1. The maximum absolute atomic E-state index is 11.4. The second kappa shape index (κ2) is 12.4. The van der Waals surface area contributed by atoms with Crippen LogP contribution < -0.4 is 20.7 Å². The second-order valence-electron chi connectivity index (χ2n) is 6.89. The molecule has 0 bridgehead atoms. The van der Waals surface area contributed by atoms with Gasteiger partial charge < -0.3 is 25.8 Å². The highest BCUT2D eigenvalue weighted by Crippen LogP contribution is 2.26. The average molecular weight is 524 g/mol. The highest BCUT2D eigenvalue weighted by atomic mass is 127. The van der Waals surface area contributed by atoms with Crippen molar-refractivity contribution >= 4 is 41.5 Å². The molecule has 0 saturated carbocycles. The van der Waals surface area contributed by atoms with Gasteiger partial charge in [-0.1, -0.05) is 30.3 Å². The molecule has 0 spiro atoms. The van der Waals surface area contributed by atoms with Crippen LogP contribution in [0.3, 0.4) is 0 Å². The van der Waals surface area contributed by atoms with Gasteiger partial charge in [0.2, 0.25) is 5.91 Å². The number of nitrogens with one attached hydrogen (secondary N) is 3. The van der Waals surface area contributed by atoms with Crippen molar-refractivity contribution in [3.8, 4) is 5.75 Å². The minimum Gasteiger partial charge on any atom is -0.492 e. The molecule has 2 aromatic rings. The van der Waals surface area contributed by atoms with Gasteiger partial charge in [0.1, 0.15) is 12.4 Å². The zero-order valence-electron chi connectivity index (χ0n) is 17.1. The Morgan fingerprint density at radius 2 is 2.00 bits per heavy atom. The number of carbonyl (C=O) groups excluding carboxylic acids is 1. The number of anilines is 1. The summed E-state index contributed by atoms with van der Waals surface area (Å²) >= 11 is 0. The molecule has 4 N–H and O–H groups in total. The van der Waals surface area contributed by atoms with Gasteiger partial charge in [0.15, 0.2) is 5.96 Å². The van der Waals surface area contributed by atoms with Gasteiger partial charge in [-0.05, 0) is 35.7 Å². The number of ether oxygens (including phenoxy) is 1. The fourth-order valence-electron chi connectivity index (χ4n) is 3.24. The summed E-state index contributed by atoms with van der Waals surface area (Å²) in [6.07, 6.45) is 1.25. The van der Waals surface area contributed by atoms with Crippen LogP contribution in [0.1, 0.15) is 23.5 Å². The van der Waals surface area contributed by atoms with Crippen molar-refractivity contribution < 1.29 is 14.6 Å². The van der Waals surface area contributed by atoms with E-state index in [4.69, 9.17) is 4.74 Å². The van der Waals surface area contributed by atoms with Crippen molar-refractivity contribution in [2.24, 2.45) is 4.99 Å². The van der Waals surface area contributed by atoms with Crippen LogP contribution in [-0.4, -0.2) is 50.3 Å². The van der Waals surface area contributed by atoms with Crippen LogP contribution in [0.2, 0.25) is 0 Å². The van der Waals surface area contributed by atoms with E-state index in [-0.39, 0.29) is 42.4 Å². The van der Waals surface area contributed by atoms with Crippen molar-refractivity contribution in [2.75, 3.05) is 38.7 Å². The van der Waals surface area contributed by atoms with E-state index < -0.39 is 0 Å². The number of amides is 1. The number of carbonyl (C=O) groups is 1. The molecular weight excluding hydrogens is 495 g/mol. The molecule has 162 valence electrons. The fraction of sp³-hybridized carbons (Fsp3) is 0.364. The quantitative estimate of drug-likeness (QED) is 0.184. The summed E-state index contributed by atoms with van der Waals surface area (Å²) in [6, 6.07) is 15.6. The number of aliphatic hydroxyl groups is 1. The first-order chi connectivity index (χ1) is 14.2. The highest BCUT2D eigenvalue weighted by Gasteiger charge is 2.15. The van der Waals surface area contributed by atoms with Gasteiger partial charge in [-0.25, -0.2) is 0 Å². The van der Waals surface area contributed by atoms with Crippen molar-refractivity contribution in [3.05, 3.63) is 59.7 Å². The Hall–Kier alpha value is -2.33. The molecule has 1 unspecified atom stereocenters. The Kier molecular flexibility index (Phi) is 9.88. The number of nitrogens with zero attached hydrogens (tertiary/aromatic N) is 1. The van der Waals surface area contributed by atoms with E-state index >= 15 is 0 Å². The number of halogens is 1. The van der Waals surface area contributed by atoms with E-state index in [0.29, 0.717) is 32.1 Å². The number of aryl methyl sites for hydroxylation is 1. The second-order valence-corrected chi connectivity index (χ2v) is 6.89. The fourth-order valence-corrected chi connectivity index (χ4v) is 3.24. The largest absolute Gasteiger partial charge is 0.492 e. The Labute approximate surface area is 194 Å². The number of benzene rings is 2. The topological polar surface area (TPSA) is 95.0 Å². The van der Waals surface area contributed by atoms with Gasteiger partial charge in [-0.3, -0.25) is 9.79 Å². The Morgan fingerprint density at radius 3 is 2.73 bits per heavy atom. The first-order valence-corrected chi connectivity index (χ1v) is 9.85. The van der Waals surface area contributed by atoms with E-state index in [0.717, 1.165) is 29.0 Å². The molecule has 0 aliphatic carbocycles. The van der Waals surface area contributed by atoms with E-state index in [1.54, 1.807) is 7.05 Å². The molecule has 2 aromatic carbocycles. The number of aliphatic imine (C=N–C) groups is 1. The predicted octanol–water partition coefficient (Wildman–Crippen LogP) is 2.51. The van der Waals surface area contributed by atoms with Gasteiger partial charge in [-0.15, -0.1) is 24.0 Å². The molecule has 7 nitrogen and oxygen atoms in total. The lowest BCUT2D eigenvalue weighted by Crippen LogP contribution is -2.41. The van der Waals surface area contributed by atoms with Gasteiger partial charge in [-0.2, -0.15) is 0 Å². The minimum absolute atomic E-state index is 0. The molecule has 0 aromatic heterocycles. The summed E-state index contributed by atoms with van der Waals surface area (Å²) in [5.74, 6) is 1.51. The van der Waals surface area contributed by atoms with Crippen LogP contribution in [0.15, 0.2) is 53.5 Å². The van der Waals surface area contributed by atoms with Crippen molar-refractivity contribution in [1.82, 2.24) is 10.6 Å². The third kappa shape index (κ3) is 6.88. The van der Waals surface area contributed by atoms with E-state index in [2.05, 4.69) is 20.9 Å². The smallest absolute Gasteiger partial charge is 0.224 e. The summed E-state index contributed by atoms with van der Waals surface area (Å²) in [5.41, 5.74) is 3.06. The lowest BCUT2D eigenvalue weighted by molar-refractivity contribution is -0.116. The molecule has 0 radical (unpaired) electrons. The number of hydrogen-bond acceptors (Lipinski definition) is 4. The van der Waals surface area contributed by atoms with Crippen molar-refractivity contribution in [3.63, 3.8) is 0 Å². The standard InChI is InChI=1S/C22H28N4O3.HI/c1-23-22(25-14-18(15-27)16-5-3-2-4-6-16)24-11-12-29-19-8-9-20-17(13-19)7-10-21(28)26-20;/h2-6,8-9,13,18,27H,7,10-12,14-15H2,1H3,(H,26,28)(H2,23,24,25);1H. The first kappa shape index (κ1) is 23.9. The molecule has 3 rings (SSSR count). The molecule has 1 atom stereocenters. The number of aliphatic hydroxyl groups excluding tert-OH is 1. The number of rotatable bonds is 8. The Bertz CT molecular complexity index is 846. The minimum atomic E-state index is 0. The van der Waals surface area contributed by atoms with Crippen LogP contribution >= 0.6 is 24.0 Å². The lowest BCUT2D eigenvalue weighted by atomic mass is 10.0. The summed E-state index contributed by atoms with van der Waals surface area (Å²) in [7, 11) is 1.71. The lowest BCUT2D eigenvalue weighted by Gasteiger charge is -2.19. The summed E-state index contributed by atoms with van der Waals surface area (Å²) in [4.78, 5) is 15.6. The molecule has 0 saturated heterocycles. The first-order valence-electron chi connectivity index (χ1n) is 9.85. The Morgan fingerprint density at radius 1 is 1.20 bits per heavy atom. The number of guanidine groups is 1. The van der Waals surface area contributed by atoms with Crippen LogP contribution in [0.5, 0.6) is 5.75 Å². The van der Waals surface area contributed by atoms with E-state index in [1.165, 1.54) is 0 Å². The SMILES string of the molecule is CN=C(NCCOc1ccc2c(c1)CCC(=O)N2)NCC(CO)c1ccccc1.I. The van der Waals surface area contributed by atoms with Gasteiger partial charge in [0.05, 0.1) is 13.2 Å². The third-order valence-corrected chi connectivity index (χ3v) is 4.87. The summed E-state index contributed by atoms with van der Waals surface area (Å²) in [6.45, 7) is 1.71. The van der Waals surface area contributed by atoms with Crippen LogP contribution in [-0.2, 0) is 11.2 Å². The zero-order chi connectivity index (χ0) is 20.5. The van der Waals surface area contributed by atoms with E-state index in [1.807, 2.05) is 48.5 Å². The summed E-state index contributed by atoms with van der Waals surface area (Å²) < 4.78 is 5.81. The molecule has 30 heavy (non-hydrogen) atoms. The predicted molar refractivity (Wildman–Crippen MR) is 130 cm³/mol. The molecule has 1 amide bonds. The highest BCUT2D eigenvalue weighted by molar-refractivity contribution is 14.0. The van der Waals surface area contributed by atoms with Gasteiger partial charge in [0, 0.05) is 31.6 Å². The van der Waals surface area contributed by atoms with Crippen LogP contribution in [0, 0.1) is 0 Å². The maximum Gasteiger partial charge on any atom is 0.224 e. The molecule has 0 fully saturated rings. The van der Waals surface area contributed by atoms with Gasteiger partial charge >= 0.3 is 0 Å². The zero-order valence-corrected chi connectivity index (χ0v) is 19.4. The molecule has 8 heteroatoms. The molecular formula is C22H29IN4O3. The number of fused-ring (bicyclic) bond motifs is 1. The van der Waals surface area contributed by atoms with Crippen LogP contribution in [0.25, 0.3) is 0 Å². The van der Waals surface area contributed by atoms with Crippen molar-refractivity contribution in [1.29, 1.82) is 0 Å². The van der Waals surface area contributed by atoms with E-state index in [9.17, 15) is 9.90 Å². The summed E-state index contributed by atoms with van der Waals surface area (Å²) in [5, 5.41) is 19.0. The van der Waals surface area contributed by atoms with Crippen LogP contribution in [0.4, 0.5) is 5.69 Å². The molecule has 1 heterocycles. The van der Waals surface area contributed by atoms with Gasteiger partial charge in [0.25, 0.3) is 0 Å². The molecule has 1 aliphatic heterocycles. The number of hydrogen-bond donors (Lipinski definition) is 4. The monoisotopic (exact) mass is 524 g/mol. The average Bonchev–Trinajstić information content (AvgIpc) is 2.76. The Balaban J connectivity index is 0.00000320. The molecule has 1 aliphatic rings. The maximum atomic E-state index is 11.4. The van der Waals surface area contributed by atoms with Crippen molar-refractivity contribution in [2.45, 2.75) is 18.8 Å².